The molecule has 0 spiro atoms. The molecular weight excluding hydrogens is 294 g/mol. The summed E-state index contributed by atoms with van der Waals surface area (Å²) in [5.74, 6) is 3.27. The van der Waals surface area contributed by atoms with Gasteiger partial charge in [-0.25, -0.2) is 0 Å². The molecule has 3 aromatic carbocycles. The second-order valence-corrected chi connectivity index (χ2v) is 5.91. The first-order valence-electron chi connectivity index (χ1n) is 7.19. The molecule has 0 aromatic heterocycles. The first-order valence-corrected chi connectivity index (χ1v) is 7.56. The smallest absolute Gasteiger partial charge is 0.260 e. The van der Waals surface area contributed by atoms with Crippen LogP contribution < -0.4 is 25.9 Å². The SMILES string of the molecule is Clc1ccc2c3c1Oc1ccccc1B3c1ccccc1O2. The van der Waals surface area contributed by atoms with Crippen molar-refractivity contribution in [1.29, 1.82) is 0 Å². The fourth-order valence-electron chi connectivity index (χ4n) is 3.35. The first-order chi connectivity index (χ1) is 10.8. The van der Waals surface area contributed by atoms with Crippen molar-refractivity contribution in [2.45, 2.75) is 0 Å². The van der Waals surface area contributed by atoms with Crippen LogP contribution in [-0.4, -0.2) is 6.71 Å². The summed E-state index contributed by atoms with van der Waals surface area (Å²) in [7, 11) is 0. The van der Waals surface area contributed by atoms with Crippen LogP contribution in [0.25, 0.3) is 0 Å². The van der Waals surface area contributed by atoms with Crippen LogP contribution in [0.2, 0.25) is 5.02 Å². The number of benzene rings is 3. The average Bonchev–Trinajstić information content (AvgIpc) is 2.57. The fourth-order valence-corrected chi connectivity index (χ4v) is 3.56. The molecule has 2 aliphatic rings. The number of para-hydroxylation sites is 2. The van der Waals surface area contributed by atoms with Crippen molar-refractivity contribution in [1.82, 2.24) is 0 Å². The number of rotatable bonds is 0. The topological polar surface area (TPSA) is 18.5 Å². The largest absolute Gasteiger partial charge is 0.458 e. The lowest BCUT2D eigenvalue weighted by atomic mass is 9.35. The second-order valence-electron chi connectivity index (χ2n) is 5.50. The van der Waals surface area contributed by atoms with Crippen LogP contribution in [0.5, 0.6) is 23.0 Å². The van der Waals surface area contributed by atoms with Crippen LogP contribution in [0.3, 0.4) is 0 Å². The molecule has 0 saturated carbocycles. The molecule has 0 N–H and O–H groups in total. The molecule has 0 bridgehead atoms. The number of hydrogen-bond donors (Lipinski definition) is 0. The lowest BCUT2D eigenvalue weighted by molar-refractivity contribution is 0.464. The van der Waals surface area contributed by atoms with Crippen molar-refractivity contribution >= 4 is 34.7 Å². The van der Waals surface area contributed by atoms with Crippen LogP contribution in [0, 0.1) is 0 Å². The molecule has 0 unspecified atom stereocenters. The zero-order valence-electron chi connectivity index (χ0n) is 11.5. The summed E-state index contributed by atoms with van der Waals surface area (Å²) in [6, 6.07) is 20.0. The molecule has 3 aromatic rings. The Labute approximate surface area is 133 Å². The van der Waals surface area contributed by atoms with Gasteiger partial charge in [-0.05, 0) is 35.2 Å². The first kappa shape index (κ1) is 12.2. The molecule has 2 aliphatic heterocycles. The van der Waals surface area contributed by atoms with Gasteiger partial charge in [0.1, 0.15) is 23.0 Å². The molecule has 4 heteroatoms. The van der Waals surface area contributed by atoms with E-state index in [1.54, 1.807) is 0 Å². The van der Waals surface area contributed by atoms with Crippen LogP contribution in [0.15, 0.2) is 60.7 Å². The predicted molar refractivity (Wildman–Crippen MR) is 89.1 cm³/mol. The summed E-state index contributed by atoms with van der Waals surface area (Å²) in [4.78, 5) is 0. The van der Waals surface area contributed by atoms with Crippen molar-refractivity contribution < 1.29 is 9.47 Å². The number of ether oxygens (including phenoxy) is 2. The number of halogens is 1. The Bertz CT molecular complexity index is 912. The van der Waals surface area contributed by atoms with Crippen molar-refractivity contribution in [3.63, 3.8) is 0 Å². The highest BCUT2D eigenvalue weighted by Gasteiger charge is 2.40. The van der Waals surface area contributed by atoms with Crippen molar-refractivity contribution in [2.75, 3.05) is 0 Å². The van der Waals surface area contributed by atoms with Gasteiger partial charge in [0.2, 0.25) is 0 Å². The van der Waals surface area contributed by atoms with Gasteiger partial charge in [0.15, 0.2) is 0 Å². The summed E-state index contributed by atoms with van der Waals surface area (Å²) >= 11 is 6.37. The van der Waals surface area contributed by atoms with Crippen molar-refractivity contribution in [3.05, 3.63) is 65.7 Å². The van der Waals surface area contributed by atoms with Gasteiger partial charge in [0.25, 0.3) is 6.71 Å². The molecule has 0 radical (unpaired) electrons. The van der Waals surface area contributed by atoms with Crippen molar-refractivity contribution in [2.24, 2.45) is 0 Å². The van der Waals surface area contributed by atoms with E-state index < -0.39 is 0 Å². The molecule has 0 amide bonds. The minimum absolute atomic E-state index is 0.0959. The van der Waals surface area contributed by atoms with E-state index in [4.69, 9.17) is 21.1 Å². The molecule has 2 heterocycles. The highest BCUT2D eigenvalue weighted by Crippen LogP contribution is 2.38. The maximum atomic E-state index is 6.37. The highest BCUT2D eigenvalue weighted by molar-refractivity contribution is 6.98. The average molecular weight is 305 g/mol. The Morgan fingerprint density at radius 1 is 0.682 bits per heavy atom. The third-order valence-corrected chi connectivity index (χ3v) is 4.59. The Hall–Kier alpha value is -2.39. The van der Waals surface area contributed by atoms with Gasteiger partial charge >= 0.3 is 0 Å². The van der Waals surface area contributed by atoms with E-state index in [1.165, 1.54) is 0 Å². The third-order valence-electron chi connectivity index (χ3n) is 4.29. The van der Waals surface area contributed by atoms with E-state index in [0.29, 0.717) is 10.8 Å². The van der Waals surface area contributed by atoms with E-state index in [1.807, 2.05) is 48.5 Å². The standard InChI is InChI=1S/C18H10BClO2/c20-13-9-10-16-17-18(13)22-15-8-4-2-6-12(15)19(17)11-5-1-3-7-14(11)21-16/h1-10H. The van der Waals surface area contributed by atoms with E-state index in [9.17, 15) is 0 Å². The van der Waals surface area contributed by atoms with Gasteiger partial charge in [-0.3, -0.25) is 0 Å². The molecule has 2 nitrogen and oxygen atoms in total. The van der Waals surface area contributed by atoms with Crippen LogP contribution in [0.1, 0.15) is 0 Å². The summed E-state index contributed by atoms with van der Waals surface area (Å²) in [5.41, 5.74) is 3.31. The lowest BCUT2D eigenvalue weighted by Gasteiger charge is -2.33. The van der Waals surface area contributed by atoms with E-state index >= 15 is 0 Å². The molecule has 0 atom stereocenters. The minimum atomic E-state index is 0.0959. The summed E-state index contributed by atoms with van der Waals surface area (Å²) < 4.78 is 12.1. The molecular formula is C18H10BClO2. The normalized spacial score (nSPS) is 13.4. The molecule has 0 aliphatic carbocycles. The van der Waals surface area contributed by atoms with E-state index in [0.717, 1.165) is 33.6 Å². The minimum Gasteiger partial charge on any atom is -0.458 e. The summed E-state index contributed by atoms with van der Waals surface area (Å²) in [6.45, 7) is 0.0959. The third kappa shape index (κ3) is 1.52. The molecule has 5 rings (SSSR count). The maximum Gasteiger partial charge on any atom is 0.260 e. The summed E-state index contributed by atoms with van der Waals surface area (Å²) in [5, 5.41) is 0.612. The van der Waals surface area contributed by atoms with Crippen LogP contribution in [-0.2, 0) is 0 Å². The zero-order valence-corrected chi connectivity index (χ0v) is 12.3. The zero-order chi connectivity index (χ0) is 14.7. The molecule has 0 fully saturated rings. The second kappa shape index (κ2) is 4.31. The van der Waals surface area contributed by atoms with Gasteiger partial charge in [-0.1, -0.05) is 48.0 Å². The monoisotopic (exact) mass is 304 g/mol. The molecule has 104 valence electrons. The lowest BCUT2D eigenvalue weighted by Crippen LogP contribution is -2.57. The van der Waals surface area contributed by atoms with Gasteiger partial charge in [-0.15, -0.1) is 0 Å². The van der Waals surface area contributed by atoms with Gasteiger partial charge in [0, 0.05) is 5.46 Å². The molecule has 0 saturated heterocycles. The van der Waals surface area contributed by atoms with E-state index in [2.05, 4.69) is 12.1 Å². The number of fused-ring (bicyclic) bond motifs is 4. The van der Waals surface area contributed by atoms with Gasteiger partial charge in [-0.2, -0.15) is 0 Å². The van der Waals surface area contributed by atoms with Crippen LogP contribution in [0.4, 0.5) is 0 Å². The Kier molecular flexibility index (Phi) is 2.39. The van der Waals surface area contributed by atoms with Crippen molar-refractivity contribution in [3.8, 4) is 23.0 Å². The Morgan fingerprint density at radius 2 is 1.32 bits per heavy atom. The van der Waals surface area contributed by atoms with Crippen LogP contribution >= 0.6 is 11.6 Å². The van der Waals surface area contributed by atoms with E-state index in [-0.39, 0.29) is 6.71 Å². The van der Waals surface area contributed by atoms with Gasteiger partial charge < -0.3 is 9.47 Å². The van der Waals surface area contributed by atoms with Gasteiger partial charge in [0.05, 0.1) is 5.02 Å². The fraction of sp³-hybridized carbons (Fsp3) is 0. The number of hydrogen-bond acceptors (Lipinski definition) is 2. The highest BCUT2D eigenvalue weighted by atomic mass is 35.5. The predicted octanol–water partition coefficient (Wildman–Crippen LogP) is 3.07. The maximum absolute atomic E-state index is 6.37. The molecule has 22 heavy (non-hydrogen) atoms. The Balaban J connectivity index is 1.89. The Morgan fingerprint density at radius 3 is 2.05 bits per heavy atom. The summed E-state index contributed by atoms with van der Waals surface area (Å²) in [6.07, 6.45) is 0. The quantitative estimate of drug-likeness (QED) is 0.409.